The van der Waals surface area contributed by atoms with Gasteiger partial charge in [-0.2, -0.15) is 0 Å². The summed E-state index contributed by atoms with van der Waals surface area (Å²) in [6.07, 6.45) is 0. The van der Waals surface area contributed by atoms with E-state index in [0.717, 1.165) is 5.82 Å². The molecule has 0 spiro atoms. The fraction of sp³-hybridized carbons (Fsp3) is 0.583. The van der Waals surface area contributed by atoms with Crippen LogP contribution in [0.5, 0.6) is 0 Å². The fourth-order valence-electron chi connectivity index (χ4n) is 2.33. The Kier molecular flexibility index (Phi) is 3.32. The van der Waals surface area contributed by atoms with E-state index in [9.17, 15) is 9.59 Å². The number of aromatic nitrogens is 4. The van der Waals surface area contributed by atoms with Crippen molar-refractivity contribution in [1.82, 2.24) is 18.7 Å². The Morgan fingerprint density at radius 3 is 2.53 bits per heavy atom. The molecule has 2 N–H and O–H groups in total. The quantitative estimate of drug-likeness (QED) is 0.828. The average molecular weight is 265 g/mol. The van der Waals surface area contributed by atoms with E-state index in [2.05, 4.69) is 4.98 Å². The molecule has 104 valence electrons. The van der Waals surface area contributed by atoms with Gasteiger partial charge in [0.15, 0.2) is 11.2 Å². The van der Waals surface area contributed by atoms with Crippen molar-refractivity contribution in [2.45, 2.75) is 33.4 Å². The molecule has 0 radical (unpaired) electrons. The van der Waals surface area contributed by atoms with E-state index in [1.54, 1.807) is 14.0 Å². The Morgan fingerprint density at radius 2 is 2.00 bits per heavy atom. The van der Waals surface area contributed by atoms with Gasteiger partial charge in [-0.3, -0.25) is 13.9 Å². The number of fused-ring (bicyclic) bond motifs is 1. The molecule has 1 atom stereocenters. The second-order valence-electron chi connectivity index (χ2n) is 4.68. The lowest BCUT2D eigenvalue weighted by Gasteiger charge is -2.14. The molecule has 2 aromatic heterocycles. The maximum absolute atomic E-state index is 12.5. The fourth-order valence-corrected chi connectivity index (χ4v) is 2.33. The molecule has 7 heteroatoms. The van der Waals surface area contributed by atoms with E-state index in [1.165, 1.54) is 9.13 Å². The number of imidazole rings is 1. The Balaban J connectivity index is 3.02. The van der Waals surface area contributed by atoms with Crippen LogP contribution in [0.25, 0.3) is 11.2 Å². The highest BCUT2D eigenvalue weighted by atomic mass is 16.2. The van der Waals surface area contributed by atoms with Crippen LogP contribution in [0.1, 0.15) is 25.7 Å². The lowest BCUT2D eigenvalue weighted by atomic mass is 10.3. The van der Waals surface area contributed by atoms with Crippen LogP contribution in [0, 0.1) is 6.92 Å². The number of hydrogen-bond donors (Lipinski definition) is 1. The standard InChI is InChI=1S/C12H19N5O2/c1-5-16-8(3)14-10-9(16)11(18)17(7(2)6-13)12(19)15(10)4/h7H,5-6,13H2,1-4H3. The summed E-state index contributed by atoms with van der Waals surface area (Å²) in [6.45, 7) is 6.39. The van der Waals surface area contributed by atoms with Gasteiger partial charge in [0.05, 0.1) is 6.04 Å². The third-order valence-corrected chi connectivity index (χ3v) is 3.47. The van der Waals surface area contributed by atoms with Gasteiger partial charge in [-0.05, 0) is 20.8 Å². The molecular formula is C12H19N5O2. The van der Waals surface area contributed by atoms with Gasteiger partial charge < -0.3 is 10.3 Å². The third kappa shape index (κ3) is 1.81. The van der Waals surface area contributed by atoms with Crippen LogP contribution >= 0.6 is 0 Å². The molecule has 0 aromatic carbocycles. The van der Waals surface area contributed by atoms with E-state index in [4.69, 9.17) is 5.73 Å². The molecule has 2 rings (SSSR count). The Hall–Kier alpha value is -1.89. The predicted octanol–water partition coefficient (Wildman–Crippen LogP) is -0.255. The van der Waals surface area contributed by atoms with Gasteiger partial charge in [0, 0.05) is 20.1 Å². The molecule has 0 amide bonds. The number of hydrogen-bond acceptors (Lipinski definition) is 4. The molecule has 1 unspecified atom stereocenters. The smallest absolute Gasteiger partial charge is 0.328 e. The van der Waals surface area contributed by atoms with E-state index in [0.29, 0.717) is 17.7 Å². The van der Waals surface area contributed by atoms with Gasteiger partial charge in [-0.1, -0.05) is 0 Å². The second kappa shape index (κ2) is 4.65. The summed E-state index contributed by atoms with van der Waals surface area (Å²) in [5.41, 5.74) is 5.77. The number of aryl methyl sites for hydroxylation is 3. The van der Waals surface area contributed by atoms with Crippen molar-refractivity contribution in [2.75, 3.05) is 6.54 Å². The highest BCUT2D eigenvalue weighted by molar-refractivity contribution is 5.71. The number of nitrogens with zero attached hydrogens (tertiary/aromatic N) is 4. The van der Waals surface area contributed by atoms with Crippen LogP contribution in [-0.4, -0.2) is 25.2 Å². The second-order valence-corrected chi connectivity index (χ2v) is 4.68. The monoisotopic (exact) mass is 265 g/mol. The first-order valence-corrected chi connectivity index (χ1v) is 6.32. The van der Waals surface area contributed by atoms with Crippen molar-refractivity contribution in [1.29, 1.82) is 0 Å². The first-order chi connectivity index (χ1) is 8.93. The highest BCUT2D eigenvalue weighted by Crippen LogP contribution is 2.10. The normalized spacial score (nSPS) is 13.1. The molecule has 2 aromatic rings. The Bertz CT molecular complexity index is 737. The lowest BCUT2D eigenvalue weighted by molar-refractivity contribution is 0.500. The Labute approximate surface area is 110 Å². The molecule has 19 heavy (non-hydrogen) atoms. The largest absolute Gasteiger partial charge is 0.332 e. The van der Waals surface area contributed by atoms with E-state index >= 15 is 0 Å². The summed E-state index contributed by atoms with van der Waals surface area (Å²) in [6, 6.07) is -0.337. The lowest BCUT2D eigenvalue weighted by Crippen LogP contribution is -2.43. The first-order valence-electron chi connectivity index (χ1n) is 6.32. The predicted molar refractivity (Wildman–Crippen MR) is 73.4 cm³/mol. The van der Waals surface area contributed by atoms with Gasteiger partial charge in [-0.25, -0.2) is 9.78 Å². The van der Waals surface area contributed by atoms with Crippen LogP contribution in [0.3, 0.4) is 0 Å². The van der Waals surface area contributed by atoms with Gasteiger partial charge in [-0.15, -0.1) is 0 Å². The highest BCUT2D eigenvalue weighted by Gasteiger charge is 2.19. The van der Waals surface area contributed by atoms with Crippen molar-refractivity contribution >= 4 is 11.2 Å². The van der Waals surface area contributed by atoms with E-state index in [-0.39, 0.29) is 23.8 Å². The third-order valence-electron chi connectivity index (χ3n) is 3.47. The summed E-state index contributed by atoms with van der Waals surface area (Å²) in [7, 11) is 1.62. The minimum Gasteiger partial charge on any atom is -0.328 e. The summed E-state index contributed by atoms with van der Waals surface area (Å²) in [4.78, 5) is 29.1. The molecule has 0 fully saturated rings. The molecule has 0 aliphatic heterocycles. The van der Waals surface area contributed by atoms with Gasteiger partial charge >= 0.3 is 5.69 Å². The SMILES string of the molecule is CCn1c(C)nc2c1c(=O)n(C(C)CN)c(=O)n2C. The summed E-state index contributed by atoms with van der Waals surface area (Å²) < 4.78 is 4.43. The number of nitrogens with two attached hydrogens (primary N) is 1. The van der Waals surface area contributed by atoms with E-state index < -0.39 is 0 Å². The molecule has 0 bridgehead atoms. The van der Waals surface area contributed by atoms with Crippen LogP contribution in [0.15, 0.2) is 9.59 Å². The molecule has 7 nitrogen and oxygen atoms in total. The summed E-state index contributed by atoms with van der Waals surface area (Å²) in [5.74, 6) is 0.725. The van der Waals surface area contributed by atoms with Gasteiger partial charge in [0.1, 0.15) is 5.82 Å². The zero-order valence-corrected chi connectivity index (χ0v) is 11.7. The van der Waals surface area contributed by atoms with Gasteiger partial charge in [0.25, 0.3) is 5.56 Å². The Morgan fingerprint density at radius 1 is 1.37 bits per heavy atom. The summed E-state index contributed by atoms with van der Waals surface area (Å²) in [5, 5.41) is 0. The van der Waals surface area contributed by atoms with Crippen molar-refractivity contribution in [2.24, 2.45) is 12.8 Å². The molecule has 0 saturated heterocycles. The van der Waals surface area contributed by atoms with Crippen LogP contribution in [0.2, 0.25) is 0 Å². The average Bonchev–Trinajstić information content (AvgIpc) is 2.73. The minimum atomic E-state index is -0.379. The van der Waals surface area contributed by atoms with Crippen molar-refractivity contribution in [3.8, 4) is 0 Å². The van der Waals surface area contributed by atoms with Crippen LogP contribution in [0.4, 0.5) is 0 Å². The molecule has 0 aliphatic carbocycles. The van der Waals surface area contributed by atoms with Gasteiger partial charge in [0.2, 0.25) is 0 Å². The molecule has 0 aliphatic rings. The minimum absolute atomic E-state index is 0.236. The topological polar surface area (TPSA) is 87.8 Å². The van der Waals surface area contributed by atoms with Crippen molar-refractivity contribution in [3.63, 3.8) is 0 Å². The zero-order valence-electron chi connectivity index (χ0n) is 11.7. The molecular weight excluding hydrogens is 246 g/mol. The number of rotatable bonds is 3. The summed E-state index contributed by atoms with van der Waals surface area (Å²) >= 11 is 0. The van der Waals surface area contributed by atoms with Crippen molar-refractivity contribution in [3.05, 3.63) is 26.7 Å². The maximum atomic E-state index is 12.5. The van der Waals surface area contributed by atoms with Crippen LogP contribution in [-0.2, 0) is 13.6 Å². The first kappa shape index (κ1) is 13.5. The molecule has 0 saturated carbocycles. The molecule has 2 heterocycles. The van der Waals surface area contributed by atoms with E-state index in [1.807, 2.05) is 18.4 Å². The zero-order chi connectivity index (χ0) is 14.3. The maximum Gasteiger partial charge on any atom is 0.332 e. The van der Waals surface area contributed by atoms with Crippen LogP contribution < -0.4 is 17.0 Å². The van der Waals surface area contributed by atoms with Crippen molar-refractivity contribution < 1.29 is 0 Å².